The third-order valence-corrected chi connectivity index (χ3v) is 3.94. The first-order valence-corrected chi connectivity index (χ1v) is 7.75. The van der Waals surface area contributed by atoms with Crippen molar-refractivity contribution in [2.24, 2.45) is 0 Å². The van der Waals surface area contributed by atoms with Crippen molar-refractivity contribution in [3.8, 4) is 11.5 Å². The van der Waals surface area contributed by atoms with Gasteiger partial charge in [-0.2, -0.15) is 0 Å². The molecule has 0 heterocycles. The number of ether oxygens (including phenoxy) is 2. The summed E-state index contributed by atoms with van der Waals surface area (Å²) in [5.41, 5.74) is 4.94. The molecule has 0 atom stereocenters. The van der Waals surface area contributed by atoms with E-state index in [4.69, 9.17) is 9.47 Å². The van der Waals surface area contributed by atoms with Crippen LogP contribution in [-0.4, -0.2) is 14.2 Å². The molecule has 0 radical (unpaired) electrons. The van der Waals surface area contributed by atoms with Crippen LogP contribution in [0.3, 0.4) is 0 Å². The van der Waals surface area contributed by atoms with Crippen molar-refractivity contribution in [3.05, 3.63) is 59.7 Å². The molecule has 2 aromatic rings. The van der Waals surface area contributed by atoms with Crippen molar-refractivity contribution >= 4 is 11.1 Å². The molecule has 0 aliphatic rings. The number of benzene rings is 2. The zero-order valence-corrected chi connectivity index (χ0v) is 13.8. The van der Waals surface area contributed by atoms with Crippen LogP contribution in [0.5, 0.6) is 11.5 Å². The fraction of sp³-hybridized carbons (Fsp3) is 0.300. The number of hydrogen-bond acceptors (Lipinski definition) is 2. The minimum atomic E-state index is 0.917. The van der Waals surface area contributed by atoms with Crippen molar-refractivity contribution < 1.29 is 9.47 Å². The Balaban J connectivity index is 2.68. The van der Waals surface area contributed by atoms with E-state index in [2.05, 4.69) is 38.1 Å². The van der Waals surface area contributed by atoms with Gasteiger partial charge in [0.25, 0.3) is 0 Å². The Labute approximate surface area is 133 Å². The molecule has 0 N–H and O–H groups in total. The first-order chi connectivity index (χ1) is 10.8. The second kappa shape index (κ2) is 7.69. The largest absolute Gasteiger partial charge is 0.496 e. The van der Waals surface area contributed by atoms with Gasteiger partial charge in [0.1, 0.15) is 11.5 Å². The number of hydrogen-bond donors (Lipinski definition) is 0. The molecular formula is C20H24O2. The smallest absolute Gasteiger partial charge is 0.126 e. The summed E-state index contributed by atoms with van der Waals surface area (Å²) >= 11 is 0. The van der Waals surface area contributed by atoms with Crippen molar-refractivity contribution in [3.63, 3.8) is 0 Å². The molecule has 0 aliphatic carbocycles. The predicted molar refractivity (Wildman–Crippen MR) is 93.4 cm³/mol. The Kier molecular flexibility index (Phi) is 5.65. The van der Waals surface area contributed by atoms with E-state index in [1.54, 1.807) is 14.2 Å². The minimum Gasteiger partial charge on any atom is -0.496 e. The number of rotatable bonds is 6. The topological polar surface area (TPSA) is 18.5 Å². The van der Waals surface area contributed by atoms with Crippen LogP contribution in [0.1, 0.15) is 37.8 Å². The van der Waals surface area contributed by atoms with E-state index in [0.29, 0.717) is 0 Å². The second-order valence-electron chi connectivity index (χ2n) is 5.06. The van der Waals surface area contributed by atoms with E-state index in [1.807, 2.05) is 24.3 Å². The van der Waals surface area contributed by atoms with Crippen LogP contribution in [0, 0.1) is 0 Å². The van der Waals surface area contributed by atoms with Crippen LogP contribution in [0.4, 0.5) is 0 Å². The highest BCUT2D eigenvalue weighted by molar-refractivity contribution is 5.93. The predicted octanol–water partition coefficient (Wildman–Crippen LogP) is 5.43. The lowest BCUT2D eigenvalue weighted by atomic mass is 9.90. The highest BCUT2D eigenvalue weighted by atomic mass is 16.5. The van der Waals surface area contributed by atoms with Crippen LogP contribution >= 0.6 is 0 Å². The van der Waals surface area contributed by atoms with Crippen LogP contribution < -0.4 is 9.47 Å². The lowest BCUT2D eigenvalue weighted by Crippen LogP contribution is -1.97. The Hall–Kier alpha value is -2.22. The molecular weight excluding hydrogens is 272 g/mol. The van der Waals surface area contributed by atoms with E-state index in [-0.39, 0.29) is 0 Å². The van der Waals surface area contributed by atoms with Gasteiger partial charge >= 0.3 is 0 Å². The van der Waals surface area contributed by atoms with Gasteiger partial charge in [-0.25, -0.2) is 0 Å². The molecule has 0 amide bonds. The van der Waals surface area contributed by atoms with E-state index in [0.717, 1.165) is 35.5 Å². The van der Waals surface area contributed by atoms with Gasteiger partial charge in [-0.3, -0.25) is 0 Å². The molecule has 0 bridgehead atoms. The van der Waals surface area contributed by atoms with Crippen molar-refractivity contribution in [2.45, 2.75) is 26.7 Å². The molecule has 2 rings (SSSR count). The first kappa shape index (κ1) is 16.2. The summed E-state index contributed by atoms with van der Waals surface area (Å²) in [6, 6.07) is 16.4. The molecule has 0 fully saturated rings. The molecule has 0 aromatic heterocycles. The fourth-order valence-corrected chi connectivity index (χ4v) is 2.92. The zero-order chi connectivity index (χ0) is 15.9. The molecule has 2 aromatic carbocycles. The lowest BCUT2D eigenvalue weighted by Gasteiger charge is -2.18. The first-order valence-electron chi connectivity index (χ1n) is 7.75. The van der Waals surface area contributed by atoms with Crippen LogP contribution in [0.2, 0.25) is 0 Å². The Morgan fingerprint density at radius 2 is 1.05 bits per heavy atom. The summed E-state index contributed by atoms with van der Waals surface area (Å²) < 4.78 is 11.1. The van der Waals surface area contributed by atoms with Crippen LogP contribution in [0.25, 0.3) is 11.1 Å². The van der Waals surface area contributed by atoms with E-state index < -0.39 is 0 Å². The summed E-state index contributed by atoms with van der Waals surface area (Å²) in [6.07, 6.45) is 1.89. The average Bonchev–Trinajstić information content (AvgIpc) is 2.59. The lowest BCUT2D eigenvalue weighted by molar-refractivity contribution is 0.412. The molecule has 0 spiro atoms. The van der Waals surface area contributed by atoms with Gasteiger partial charge in [0.2, 0.25) is 0 Å². The van der Waals surface area contributed by atoms with Gasteiger partial charge in [-0.05, 0) is 36.1 Å². The minimum absolute atomic E-state index is 0.917. The maximum absolute atomic E-state index is 5.55. The SMILES string of the molecule is CC/C(=C(/CC)c1ccccc1OC)c1ccccc1OC. The van der Waals surface area contributed by atoms with Gasteiger partial charge in [-0.1, -0.05) is 50.2 Å². The molecule has 0 saturated carbocycles. The van der Waals surface area contributed by atoms with Crippen molar-refractivity contribution in [2.75, 3.05) is 14.2 Å². The van der Waals surface area contributed by atoms with E-state index in [1.165, 1.54) is 11.1 Å². The fourth-order valence-electron chi connectivity index (χ4n) is 2.92. The molecule has 22 heavy (non-hydrogen) atoms. The summed E-state index contributed by atoms with van der Waals surface area (Å²) in [7, 11) is 3.45. The standard InChI is InChI=1S/C20H24O2/c1-5-15(17-11-7-9-13-19(17)21-3)16(6-2)18-12-8-10-14-20(18)22-4/h7-14H,5-6H2,1-4H3/b16-15+. The van der Waals surface area contributed by atoms with E-state index in [9.17, 15) is 0 Å². The van der Waals surface area contributed by atoms with Crippen LogP contribution in [0.15, 0.2) is 48.5 Å². The van der Waals surface area contributed by atoms with Gasteiger partial charge in [0, 0.05) is 11.1 Å². The average molecular weight is 296 g/mol. The highest BCUT2D eigenvalue weighted by Crippen LogP contribution is 2.38. The number of para-hydroxylation sites is 2. The quantitative estimate of drug-likeness (QED) is 0.661. The zero-order valence-electron chi connectivity index (χ0n) is 13.8. The summed E-state index contributed by atoms with van der Waals surface area (Å²) in [5, 5.41) is 0. The third-order valence-electron chi connectivity index (χ3n) is 3.94. The third kappa shape index (κ3) is 3.16. The molecule has 2 heteroatoms. The Bertz CT molecular complexity index is 599. The monoisotopic (exact) mass is 296 g/mol. The molecule has 0 unspecified atom stereocenters. The summed E-state index contributed by atoms with van der Waals surface area (Å²) in [6.45, 7) is 4.37. The molecule has 0 aliphatic heterocycles. The van der Waals surface area contributed by atoms with Gasteiger partial charge < -0.3 is 9.47 Å². The van der Waals surface area contributed by atoms with Crippen molar-refractivity contribution in [1.29, 1.82) is 0 Å². The molecule has 2 nitrogen and oxygen atoms in total. The maximum Gasteiger partial charge on any atom is 0.126 e. The van der Waals surface area contributed by atoms with Gasteiger partial charge in [-0.15, -0.1) is 0 Å². The Morgan fingerprint density at radius 3 is 1.36 bits per heavy atom. The van der Waals surface area contributed by atoms with Crippen molar-refractivity contribution in [1.82, 2.24) is 0 Å². The second-order valence-corrected chi connectivity index (χ2v) is 5.06. The molecule has 0 saturated heterocycles. The summed E-state index contributed by atoms with van der Waals surface area (Å²) in [4.78, 5) is 0. The normalized spacial score (nSPS) is 11.8. The van der Waals surface area contributed by atoms with Gasteiger partial charge in [0.15, 0.2) is 0 Å². The number of methoxy groups -OCH3 is 2. The van der Waals surface area contributed by atoms with E-state index >= 15 is 0 Å². The van der Waals surface area contributed by atoms with Crippen LogP contribution in [-0.2, 0) is 0 Å². The Morgan fingerprint density at radius 1 is 0.682 bits per heavy atom. The highest BCUT2D eigenvalue weighted by Gasteiger charge is 2.15. The molecule has 116 valence electrons. The van der Waals surface area contributed by atoms with Gasteiger partial charge in [0.05, 0.1) is 14.2 Å². The number of allylic oxidation sites excluding steroid dienone is 2. The summed E-state index contributed by atoms with van der Waals surface area (Å²) in [5.74, 6) is 1.83. The maximum atomic E-state index is 5.55.